The predicted octanol–water partition coefficient (Wildman–Crippen LogP) is 3.33. The molecule has 10 nitrogen and oxygen atoms in total. The van der Waals surface area contributed by atoms with Gasteiger partial charge >= 0.3 is 12.0 Å². The normalized spacial score (nSPS) is 17.5. The van der Waals surface area contributed by atoms with Crippen molar-refractivity contribution < 1.29 is 19.5 Å². The Morgan fingerprint density at radius 2 is 2.09 bits per heavy atom. The molecule has 0 aliphatic heterocycles. The van der Waals surface area contributed by atoms with Crippen molar-refractivity contribution >= 4 is 52.6 Å². The number of hydrogen-bond acceptors (Lipinski definition) is 5. The standard InChI is InChI=1S/C22H25ClN6O4/c1-27(10-14-9-15-16(23)5-4-6-17(15)24-14)22(33)29(3)19-18(11-30)28(2)21(26-19)25-13-7-12(8-13)20(31)32/h4-6,9,11-13,24H,7-8,10H2,1-3H3,(H,25,26)(H,31,32). The van der Waals surface area contributed by atoms with E-state index in [2.05, 4.69) is 15.3 Å². The molecular formula is C22H25ClN6O4. The van der Waals surface area contributed by atoms with Gasteiger partial charge in [0, 0.05) is 48.8 Å². The lowest BCUT2D eigenvalue weighted by Gasteiger charge is -2.33. The molecule has 3 N–H and O–H groups in total. The molecule has 1 aliphatic carbocycles. The summed E-state index contributed by atoms with van der Waals surface area (Å²) in [4.78, 5) is 46.4. The first-order valence-corrected chi connectivity index (χ1v) is 10.8. The number of H-pyrrole nitrogens is 1. The minimum atomic E-state index is -0.812. The fraction of sp³-hybridized carbons (Fsp3) is 0.364. The number of aldehydes is 1. The van der Waals surface area contributed by atoms with Gasteiger partial charge in [-0.05, 0) is 31.0 Å². The Bertz CT molecular complexity index is 1230. The van der Waals surface area contributed by atoms with E-state index < -0.39 is 5.97 Å². The van der Waals surface area contributed by atoms with Gasteiger partial charge in [-0.3, -0.25) is 14.5 Å². The second kappa shape index (κ2) is 8.78. The summed E-state index contributed by atoms with van der Waals surface area (Å²) in [6.45, 7) is 0.307. The second-order valence-corrected chi connectivity index (χ2v) is 8.77. The quantitative estimate of drug-likeness (QED) is 0.453. The number of carboxylic acids is 1. The Balaban J connectivity index is 1.48. The molecule has 0 atom stereocenters. The number of hydrogen-bond donors (Lipinski definition) is 3. The van der Waals surface area contributed by atoms with Crippen LogP contribution in [-0.2, 0) is 18.4 Å². The highest BCUT2D eigenvalue weighted by Crippen LogP contribution is 2.31. The van der Waals surface area contributed by atoms with E-state index in [0.29, 0.717) is 36.6 Å². The number of imidazole rings is 1. The third kappa shape index (κ3) is 4.25. The maximum absolute atomic E-state index is 13.1. The summed E-state index contributed by atoms with van der Waals surface area (Å²) >= 11 is 6.24. The minimum Gasteiger partial charge on any atom is -0.481 e. The zero-order valence-electron chi connectivity index (χ0n) is 18.5. The number of nitrogens with one attached hydrogen (secondary N) is 2. The number of nitrogens with zero attached hydrogens (tertiary/aromatic N) is 4. The molecule has 0 radical (unpaired) electrons. The molecule has 0 bridgehead atoms. The summed E-state index contributed by atoms with van der Waals surface area (Å²) in [5.41, 5.74) is 1.95. The lowest BCUT2D eigenvalue weighted by molar-refractivity contribution is -0.144. The number of fused-ring (bicyclic) bond motifs is 1. The van der Waals surface area contributed by atoms with Gasteiger partial charge < -0.3 is 24.9 Å². The summed E-state index contributed by atoms with van der Waals surface area (Å²) in [5.74, 6) is -0.549. The number of aliphatic carboxylic acids is 1. The molecule has 2 heterocycles. The molecular weight excluding hydrogens is 448 g/mol. The van der Waals surface area contributed by atoms with E-state index in [0.717, 1.165) is 16.6 Å². The fourth-order valence-electron chi connectivity index (χ4n) is 4.06. The molecule has 0 unspecified atom stereocenters. The number of aromatic nitrogens is 3. The van der Waals surface area contributed by atoms with Crippen LogP contribution in [0.25, 0.3) is 10.9 Å². The predicted molar refractivity (Wildman–Crippen MR) is 125 cm³/mol. The van der Waals surface area contributed by atoms with Gasteiger partial charge in [0.25, 0.3) is 0 Å². The number of carbonyl (C=O) groups excluding carboxylic acids is 2. The third-order valence-electron chi connectivity index (χ3n) is 6.06. The molecule has 2 amide bonds. The zero-order chi connectivity index (χ0) is 23.9. The van der Waals surface area contributed by atoms with E-state index in [-0.39, 0.29) is 29.5 Å². The Labute approximate surface area is 195 Å². The van der Waals surface area contributed by atoms with Crippen LogP contribution in [0, 0.1) is 5.92 Å². The van der Waals surface area contributed by atoms with Crippen LogP contribution < -0.4 is 10.2 Å². The Morgan fingerprint density at radius 1 is 1.36 bits per heavy atom. The van der Waals surface area contributed by atoms with E-state index in [1.54, 1.807) is 25.7 Å². The Kier molecular flexibility index (Phi) is 6.03. The number of anilines is 2. The largest absolute Gasteiger partial charge is 0.481 e. The number of rotatable bonds is 7. The molecule has 1 aromatic carbocycles. The fourth-order valence-corrected chi connectivity index (χ4v) is 4.28. The van der Waals surface area contributed by atoms with Crippen LogP contribution in [0.2, 0.25) is 5.02 Å². The first-order chi connectivity index (χ1) is 15.7. The van der Waals surface area contributed by atoms with Crippen LogP contribution in [0.1, 0.15) is 29.0 Å². The van der Waals surface area contributed by atoms with Crippen molar-refractivity contribution in [2.45, 2.75) is 25.4 Å². The number of aromatic amines is 1. The van der Waals surface area contributed by atoms with Gasteiger partial charge in [0.2, 0.25) is 5.95 Å². The monoisotopic (exact) mass is 472 g/mol. The van der Waals surface area contributed by atoms with Crippen LogP contribution >= 0.6 is 11.6 Å². The lowest BCUT2D eigenvalue weighted by Crippen LogP contribution is -2.40. The van der Waals surface area contributed by atoms with E-state index >= 15 is 0 Å². The third-order valence-corrected chi connectivity index (χ3v) is 6.39. The van der Waals surface area contributed by atoms with E-state index in [4.69, 9.17) is 16.7 Å². The molecule has 11 heteroatoms. The van der Waals surface area contributed by atoms with Crippen molar-refractivity contribution in [3.8, 4) is 0 Å². The van der Waals surface area contributed by atoms with Crippen LogP contribution in [-0.4, -0.2) is 63.0 Å². The van der Waals surface area contributed by atoms with Gasteiger partial charge in [0.15, 0.2) is 12.1 Å². The molecule has 3 aromatic rings. The van der Waals surface area contributed by atoms with Gasteiger partial charge in [-0.1, -0.05) is 17.7 Å². The number of urea groups is 1. The van der Waals surface area contributed by atoms with Gasteiger partial charge in [0.05, 0.1) is 12.5 Å². The van der Waals surface area contributed by atoms with Gasteiger partial charge in [-0.25, -0.2) is 4.79 Å². The van der Waals surface area contributed by atoms with Crippen molar-refractivity contribution in [2.75, 3.05) is 24.3 Å². The first-order valence-electron chi connectivity index (χ1n) is 10.5. The average molecular weight is 473 g/mol. The summed E-state index contributed by atoms with van der Waals surface area (Å²) in [6.07, 6.45) is 1.62. The number of benzene rings is 1. The van der Waals surface area contributed by atoms with Gasteiger partial charge in [0.1, 0.15) is 5.69 Å². The van der Waals surface area contributed by atoms with Crippen LogP contribution in [0.15, 0.2) is 24.3 Å². The number of amides is 2. The van der Waals surface area contributed by atoms with E-state index in [1.165, 1.54) is 9.80 Å². The van der Waals surface area contributed by atoms with E-state index in [1.807, 2.05) is 24.3 Å². The van der Waals surface area contributed by atoms with Crippen molar-refractivity contribution in [2.24, 2.45) is 13.0 Å². The molecule has 2 aromatic heterocycles. The van der Waals surface area contributed by atoms with E-state index in [9.17, 15) is 14.4 Å². The zero-order valence-corrected chi connectivity index (χ0v) is 19.3. The summed E-state index contributed by atoms with van der Waals surface area (Å²) in [7, 11) is 4.89. The number of carbonyl (C=O) groups is 3. The van der Waals surface area contributed by atoms with Crippen LogP contribution in [0.4, 0.5) is 16.6 Å². The molecule has 4 rings (SSSR count). The maximum Gasteiger partial charge on any atom is 0.325 e. The average Bonchev–Trinajstić information content (AvgIpc) is 3.30. The first kappa shape index (κ1) is 22.7. The smallest absolute Gasteiger partial charge is 0.325 e. The SMILES string of the molecule is CN(Cc1cc2c(Cl)cccc2[nH]1)C(=O)N(C)c1nc(NC2CC(C(=O)O)C2)n(C)c1C=O. The van der Waals surface area contributed by atoms with Crippen molar-refractivity contribution in [1.82, 2.24) is 19.4 Å². The van der Waals surface area contributed by atoms with Crippen molar-refractivity contribution in [1.29, 1.82) is 0 Å². The maximum atomic E-state index is 13.1. The summed E-state index contributed by atoms with van der Waals surface area (Å²) in [6, 6.07) is 7.09. The molecule has 174 valence electrons. The Hall–Kier alpha value is -3.53. The highest BCUT2D eigenvalue weighted by atomic mass is 35.5. The topological polar surface area (TPSA) is 124 Å². The molecule has 1 fully saturated rings. The Morgan fingerprint density at radius 3 is 2.73 bits per heavy atom. The van der Waals surface area contributed by atoms with Crippen molar-refractivity contribution in [3.05, 3.63) is 40.7 Å². The minimum absolute atomic E-state index is 0.0444. The van der Waals surface area contributed by atoms with Crippen LogP contribution in [0.5, 0.6) is 0 Å². The molecule has 33 heavy (non-hydrogen) atoms. The summed E-state index contributed by atoms with van der Waals surface area (Å²) < 4.78 is 1.57. The number of carboxylic acid groups (broad SMARTS) is 1. The van der Waals surface area contributed by atoms with Crippen LogP contribution in [0.3, 0.4) is 0 Å². The van der Waals surface area contributed by atoms with Gasteiger partial charge in [-0.2, -0.15) is 4.98 Å². The van der Waals surface area contributed by atoms with Gasteiger partial charge in [-0.15, -0.1) is 0 Å². The lowest BCUT2D eigenvalue weighted by atomic mass is 9.80. The molecule has 0 spiro atoms. The number of halogens is 1. The van der Waals surface area contributed by atoms with Crippen molar-refractivity contribution in [3.63, 3.8) is 0 Å². The molecule has 1 saturated carbocycles. The summed E-state index contributed by atoms with van der Waals surface area (Å²) in [5, 5.41) is 13.7. The highest BCUT2D eigenvalue weighted by molar-refractivity contribution is 6.35. The second-order valence-electron chi connectivity index (χ2n) is 8.36. The molecule has 1 aliphatic rings. The molecule has 0 saturated heterocycles. The highest BCUT2D eigenvalue weighted by Gasteiger charge is 2.35.